The third kappa shape index (κ3) is 7.76. The summed E-state index contributed by atoms with van der Waals surface area (Å²) >= 11 is 0. The van der Waals surface area contributed by atoms with Gasteiger partial charge in [-0.15, -0.1) is 0 Å². The number of aromatic amines is 2. The third-order valence-corrected chi connectivity index (χ3v) is 8.66. The number of carboxylic acid groups (broad SMARTS) is 1. The number of alkyl halides is 3. The molecule has 0 spiro atoms. The number of hydrogen-bond acceptors (Lipinski definition) is 9. The lowest BCUT2D eigenvalue weighted by atomic mass is 10.0. The van der Waals surface area contributed by atoms with Crippen molar-refractivity contribution in [3.63, 3.8) is 0 Å². The predicted molar refractivity (Wildman–Crippen MR) is 180 cm³/mol. The summed E-state index contributed by atoms with van der Waals surface area (Å²) in [5.41, 5.74) is 6.13. The monoisotopic (exact) mass is 718 g/mol. The molecule has 13 nitrogen and oxygen atoms in total. The van der Waals surface area contributed by atoms with Crippen LogP contribution in [-0.2, 0) is 36.5 Å². The number of fused-ring (bicyclic) bond motifs is 2. The Kier molecular flexibility index (Phi) is 10.0. The second-order valence-electron chi connectivity index (χ2n) is 12.2. The normalized spacial score (nSPS) is 15.7. The SMILES string of the molecule is N[C@@H](Cc1c[nH]c2ccccc12)C(=O)N[C@@H](CCC(=O)OC[C@@H]1CN(c2ccc3cc(-c4ccccc4C(F)(F)F)[nH]c(=O)c3c2)C(=O)O1)C(=O)[O-]. The van der Waals surface area contributed by atoms with Gasteiger partial charge in [0.15, 0.2) is 6.10 Å². The molecule has 1 saturated heterocycles. The van der Waals surface area contributed by atoms with Crippen molar-refractivity contribution in [1.82, 2.24) is 15.3 Å². The predicted octanol–water partition coefficient (Wildman–Crippen LogP) is 3.15. The maximum absolute atomic E-state index is 13.6. The number of para-hydroxylation sites is 1. The van der Waals surface area contributed by atoms with E-state index in [9.17, 15) is 42.3 Å². The second-order valence-corrected chi connectivity index (χ2v) is 12.2. The number of carbonyl (C=O) groups is 4. The highest BCUT2D eigenvalue weighted by atomic mass is 19.4. The van der Waals surface area contributed by atoms with Crippen LogP contribution in [0.3, 0.4) is 0 Å². The van der Waals surface area contributed by atoms with Crippen LogP contribution in [0.25, 0.3) is 32.9 Å². The summed E-state index contributed by atoms with van der Waals surface area (Å²) in [6.45, 7) is -0.437. The molecule has 0 radical (unpaired) electrons. The van der Waals surface area contributed by atoms with Crippen LogP contribution in [0.15, 0.2) is 83.8 Å². The standard InChI is InChI=1S/C36H32F3N5O8/c37-36(38,39)26-7-3-1-6-24(26)30-14-19-9-10-21(15-25(19)32(46)43-30)44-17-22(52-35(44)50)18-51-31(45)12-11-29(34(48)49)42-33(47)27(40)13-20-16-41-28-8-4-2-5-23(20)28/h1-10,14-16,22,27,29,41H,11-13,17-18,40H2,(H,42,47)(H,43,46)(H,48,49)/p-1/t22-,27-,29-/m0/s1. The van der Waals surface area contributed by atoms with E-state index in [-0.39, 0.29) is 48.3 Å². The van der Waals surface area contributed by atoms with Crippen molar-refractivity contribution < 1.29 is 46.9 Å². The first-order valence-corrected chi connectivity index (χ1v) is 16.1. The molecule has 0 unspecified atom stereocenters. The number of esters is 1. The fourth-order valence-corrected chi connectivity index (χ4v) is 6.02. The molecular formula is C36H31F3N5O8-. The maximum atomic E-state index is 13.6. The number of hydrogen-bond donors (Lipinski definition) is 4. The molecular weight excluding hydrogens is 687 g/mol. The van der Waals surface area contributed by atoms with Crippen molar-refractivity contribution in [3.8, 4) is 11.3 Å². The van der Waals surface area contributed by atoms with E-state index in [1.807, 2.05) is 24.3 Å². The minimum absolute atomic E-state index is 0.0287. The minimum atomic E-state index is -4.64. The molecule has 5 N–H and O–H groups in total. The molecule has 1 aliphatic rings. The Morgan fingerprint density at radius 1 is 1.04 bits per heavy atom. The molecule has 3 atom stereocenters. The molecule has 2 amide bonds. The lowest BCUT2D eigenvalue weighted by Crippen LogP contribution is -2.53. The molecule has 270 valence electrons. The second kappa shape index (κ2) is 14.6. The van der Waals surface area contributed by atoms with Gasteiger partial charge < -0.3 is 40.4 Å². The van der Waals surface area contributed by atoms with Crippen LogP contribution >= 0.6 is 0 Å². The molecule has 1 aliphatic heterocycles. The molecule has 0 aliphatic carbocycles. The van der Waals surface area contributed by atoms with E-state index in [2.05, 4.69) is 15.3 Å². The highest BCUT2D eigenvalue weighted by Crippen LogP contribution is 2.37. The minimum Gasteiger partial charge on any atom is -0.548 e. The Morgan fingerprint density at radius 3 is 2.56 bits per heavy atom. The molecule has 3 aromatic carbocycles. The van der Waals surface area contributed by atoms with Gasteiger partial charge >= 0.3 is 18.2 Å². The highest BCUT2D eigenvalue weighted by Gasteiger charge is 2.35. The number of rotatable bonds is 12. The lowest BCUT2D eigenvalue weighted by molar-refractivity contribution is -0.308. The van der Waals surface area contributed by atoms with Crippen LogP contribution in [0.4, 0.5) is 23.7 Å². The van der Waals surface area contributed by atoms with Gasteiger partial charge in [-0.2, -0.15) is 13.2 Å². The molecule has 6 rings (SSSR count). The van der Waals surface area contributed by atoms with Crippen LogP contribution in [0.5, 0.6) is 0 Å². The van der Waals surface area contributed by atoms with Gasteiger partial charge in [0.1, 0.15) is 6.61 Å². The van der Waals surface area contributed by atoms with Crippen molar-refractivity contribution in [1.29, 1.82) is 0 Å². The van der Waals surface area contributed by atoms with Crippen LogP contribution in [0, 0.1) is 0 Å². The van der Waals surface area contributed by atoms with Gasteiger partial charge in [0.05, 0.1) is 30.2 Å². The van der Waals surface area contributed by atoms with Crippen molar-refractivity contribution in [2.24, 2.45) is 5.73 Å². The number of carbonyl (C=O) groups excluding carboxylic acids is 4. The van der Waals surface area contributed by atoms with Gasteiger partial charge in [-0.3, -0.25) is 19.3 Å². The van der Waals surface area contributed by atoms with Crippen molar-refractivity contribution in [2.75, 3.05) is 18.1 Å². The summed E-state index contributed by atoms with van der Waals surface area (Å²) in [6.07, 6.45) is -5.26. The number of halogens is 3. The molecule has 1 fully saturated rings. The van der Waals surface area contributed by atoms with E-state index in [1.54, 1.807) is 6.20 Å². The fourth-order valence-electron chi connectivity index (χ4n) is 6.02. The maximum Gasteiger partial charge on any atom is 0.417 e. The van der Waals surface area contributed by atoms with Crippen molar-refractivity contribution >= 4 is 51.3 Å². The zero-order chi connectivity index (χ0) is 37.2. The summed E-state index contributed by atoms with van der Waals surface area (Å²) in [5.74, 6) is -3.18. The zero-order valence-corrected chi connectivity index (χ0v) is 27.2. The Labute approximate surface area is 292 Å². The topological polar surface area (TPSA) is 200 Å². The Balaban J connectivity index is 1.02. The molecule has 16 heteroatoms. The molecule has 52 heavy (non-hydrogen) atoms. The number of H-pyrrole nitrogens is 2. The summed E-state index contributed by atoms with van der Waals surface area (Å²) in [5, 5.41) is 15.3. The summed E-state index contributed by atoms with van der Waals surface area (Å²) in [6, 6.07) is 15.5. The van der Waals surface area contributed by atoms with E-state index in [0.29, 0.717) is 5.39 Å². The van der Waals surface area contributed by atoms with Crippen LogP contribution in [0.2, 0.25) is 0 Å². The van der Waals surface area contributed by atoms with Gasteiger partial charge in [-0.1, -0.05) is 42.5 Å². The molecule has 2 aromatic heterocycles. The third-order valence-electron chi connectivity index (χ3n) is 8.66. The molecule has 0 bridgehead atoms. The van der Waals surface area contributed by atoms with Gasteiger partial charge in [0.25, 0.3) is 5.56 Å². The van der Waals surface area contributed by atoms with Gasteiger partial charge in [-0.25, -0.2) is 4.79 Å². The van der Waals surface area contributed by atoms with Crippen LogP contribution in [0.1, 0.15) is 24.0 Å². The highest BCUT2D eigenvalue weighted by molar-refractivity contribution is 5.95. The number of amides is 2. The first kappa shape index (κ1) is 35.7. The Bertz CT molecular complexity index is 2230. The first-order chi connectivity index (χ1) is 24.8. The number of anilines is 1. The quantitative estimate of drug-likeness (QED) is 0.140. The lowest BCUT2D eigenvalue weighted by Gasteiger charge is -2.21. The van der Waals surface area contributed by atoms with Gasteiger partial charge in [0.2, 0.25) is 5.91 Å². The van der Waals surface area contributed by atoms with E-state index in [1.165, 1.54) is 47.4 Å². The summed E-state index contributed by atoms with van der Waals surface area (Å²) in [4.78, 5) is 69.3. The van der Waals surface area contributed by atoms with E-state index >= 15 is 0 Å². The summed E-state index contributed by atoms with van der Waals surface area (Å²) < 4.78 is 51.2. The zero-order valence-electron chi connectivity index (χ0n) is 27.2. The average Bonchev–Trinajstić information content (AvgIpc) is 3.70. The smallest absolute Gasteiger partial charge is 0.417 e. The Hall–Kier alpha value is -6.16. The number of cyclic esters (lactones) is 1. The average molecular weight is 719 g/mol. The van der Waals surface area contributed by atoms with Crippen LogP contribution < -0.4 is 26.6 Å². The largest absolute Gasteiger partial charge is 0.548 e. The van der Waals surface area contributed by atoms with Crippen molar-refractivity contribution in [2.45, 2.75) is 43.6 Å². The van der Waals surface area contributed by atoms with E-state index < -0.39 is 65.8 Å². The van der Waals surface area contributed by atoms with Gasteiger partial charge in [0, 0.05) is 45.9 Å². The first-order valence-electron chi connectivity index (χ1n) is 16.1. The van der Waals surface area contributed by atoms with E-state index in [0.717, 1.165) is 22.5 Å². The van der Waals surface area contributed by atoms with Crippen LogP contribution in [-0.4, -0.2) is 65.2 Å². The summed E-state index contributed by atoms with van der Waals surface area (Å²) in [7, 11) is 0. The number of ether oxygens (including phenoxy) is 2. The number of pyridine rings is 1. The number of nitrogens with zero attached hydrogens (tertiary/aromatic N) is 1. The number of aliphatic carboxylic acids is 1. The Morgan fingerprint density at radius 2 is 1.79 bits per heavy atom. The fraction of sp³-hybridized carbons (Fsp3) is 0.250. The number of nitrogens with two attached hydrogens (primary N) is 1. The molecule has 0 saturated carbocycles. The number of aromatic nitrogens is 2. The number of nitrogens with one attached hydrogen (secondary N) is 3. The molecule has 3 heterocycles. The number of carboxylic acids is 1. The van der Waals surface area contributed by atoms with Gasteiger partial charge in [-0.05, 0) is 54.1 Å². The van der Waals surface area contributed by atoms with Crippen molar-refractivity contribution in [3.05, 3.63) is 100 Å². The van der Waals surface area contributed by atoms with E-state index in [4.69, 9.17) is 15.2 Å². The number of benzene rings is 3. The molecule has 5 aromatic rings.